The van der Waals surface area contributed by atoms with Crippen molar-refractivity contribution >= 4 is 38.3 Å². The van der Waals surface area contributed by atoms with Gasteiger partial charge in [-0.05, 0) is 37.0 Å². The predicted molar refractivity (Wildman–Crippen MR) is 76.7 cm³/mol. The number of fused-ring (bicyclic) bond motifs is 1. The minimum atomic E-state index is 0.703. The molecule has 0 spiro atoms. The average molecular weight is 283 g/mol. The predicted octanol–water partition coefficient (Wildman–Crippen LogP) is 3.79. The molecule has 1 aliphatic rings. The van der Waals surface area contributed by atoms with E-state index in [1.54, 1.807) is 11.3 Å². The van der Waals surface area contributed by atoms with E-state index in [1.165, 1.54) is 4.70 Å². The number of halogens is 1. The van der Waals surface area contributed by atoms with Gasteiger partial charge in [-0.25, -0.2) is 4.98 Å². The smallest absolute Gasteiger partial charge is 0.183 e. The minimum absolute atomic E-state index is 0.703. The fourth-order valence-electron chi connectivity index (χ4n) is 2.16. The Labute approximate surface area is 115 Å². The SMILES string of the molecule is Clc1ccc2sc(NCC3CCOCC3)nc2c1. The van der Waals surface area contributed by atoms with Crippen LogP contribution in [0.25, 0.3) is 10.2 Å². The van der Waals surface area contributed by atoms with Crippen molar-refractivity contribution in [3.8, 4) is 0 Å². The van der Waals surface area contributed by atoms with E-state index in [0.29, 0.717) is 5.92 Å². The van der Waals surface area contributed by atoms with Crippen LogP contribution in [0.2, 0.25) is 5.02 Å². The fourth-order valence-corrected chi connectivity index (χ4v) is 3.18. The van der Waals surface area contributed by atoms with Crippen LogP contribution in [-0.2, 0) is 4.74 Å². The molecule has 1 aliphatic heterocycles. The van der Waals surface area contributed by atoms with Crippen LogP contribution in [0.5, 0.6) is 0 Å². The zero-order valence-corrected chi connectivity index (χ0v) is 11.6. The number of hydrogen-bond donors (Lipinski definition) is 1. The summed E-state index contributed by atoms with van der Waals surface area (Å²) in [5, 5.41) is 5.16. The van der Waals surface area contributed by atoms with Crippen molar-refractivity contribution in [1.29, 1.82) is 0 Å². The van der Waals surface area contributed by atoms with E-state index < -0.39 is 0 Å². The summed E-state index contributed by atoms with van der Waals surface area (Å²) in [6, 6.07) is 5.84. The summed E-state index contributed by atoms with van der Waals surface area (Å²) in [5.74, 6) is 0.703. The van der Waals surface area contributed by atoms with Crippen LogP contribution in [0.15, 0.2) is 18.2 Å². The van der Waals surface area contributed by atoms with Gasteiger partial charge in [-0.2, -0.15) is 0 Å². The van der Waals surface area contributed by atoms with E-state index in [0.717, 1.165) is 48.3 Å². The molecule has 1 aromatic carbocycles. The third-order valence-electron chi connectivity index (χ3n) is 3.23. The van der Waals surface area contributed by atoms with Crippen LogP contribution in [0.4, 0.5) is 5.13 Å². The maximum atomic E-state index is 5.96. The lowest BCUT2D eigenvalue weighted by molar-refractivity contribution is 0.0699. The fraction of sp³-hybridized carbons (Fsp3) is 0.462. The van der Waals surface area contributed by atoms with Crippen molar-refractivity contribution in [2.24, 2.45) is 5.92 Å². The molecule has 0 atom stereocenters. The number of nitrogens with one attached hydrogen (secondary N) is 1. The maximum Gasteiger partial charge on any atom is 0.183 e. The molecule has 1 fully saturated rings. The second-order valence-electron chi connectivity index (χ2n) is 4.57. The van der Waals surface area contributed by atoms with E-state index in [4.69, 9.17) is 16.3 Å². The maximum absolute atomic E-state index is 5.96. The Kier molecular flexibility index (Phi) is 3.68. The van der Waals surface area contributed by atoms with Crippen LogP contribution in [0.1, 0.15) is 12.8 Å². The number of aromatic nitrogens is 1. The lowest BCUT2D eigenvalue weighted by Crippen LogP contribution is -2.22. The highest BCUT2D eigenvalue weighted by atomic mass is 35.5. The van der Waals surface area contributed by atoms with E-state index in [9.17, 15) is 0 Å². The zero-order chi connectivity index (χ0) is 12.4. The van der Waals surface area contributed by atoms with Gasteiger partial charge in [0.1, 0.15) is 0 Å². The molecule has 18 heavy (non-hydrogen) atoms. The van der Waals surface area contributed by atoms with Gasteiger partial charge < -0.3 is 10.1 Å². The number of nitrogens with zero attached hydrogens (tertiary/aromatic N) is 1. The average Bonchev–Trinajstić information content (AvgIpc) is 2.79. The number of anilines is 1. The molecule has 0 saturated carbocycles. The molecule has 2 aromatic rings. The van der Waals surface area contributed by atoms with Gasteiger partial charge in [-0.1, -0.05) is 22.9 Å². The molecule has 0 radical (unpaired) electrons. The molecule has 2 heterocycles. The Hall–Kier alpha value is -0.840. The minimum Gasteiger partial charge on any atom is -0.381 e. The highest BCUT2D eigenvalue weighted by Gasteiger charge is 2.14. The van der Waals surface area contributed by atoms with Crippen molar-refractivity contribution in [3.63, 3.8) is 0 Å². The molecule has 0 bridgehead atoms. The third kappa shape index (κ3) is 2.76. The first-order valence-corrected chi connectivity index (χ1v) is 7.38. The Morgan fingerprint density at radius 1 is 1.39 bits per heavy atom. The molecule has 0 amide bonds. The molecule has 0 unspecified atom stereocenters. The summed E-state index contributed by atoms with van der Waals surface area (Å²) in [6.45, 7) is 2.76. The van der Waals surface area contributed by atoms with Gasteiger partial charge in [0.05, 0.1) is 10.2 Å². The summed E-state index contributed by atoms with van der Waals surface area (Å²) >= 11 is 7.64. The van der Waals surface area contributed by atoms with Gasteiger partial charge in [0.2, 0.25) is 0 Å². The normalized spacial score (nSPS) is 17.2. The van der Waals surface area contributed by atoms with E-state index in [-0.39, 0.29) is 0 Å². The summed E-state index contributed by atoms with van der Waals surface area (Å²) in [5.41, 5.74) is 0.974. The number of rotatable bonds is 3. The zero-order valence-electron chi connectivity index (χ0n) is 9.99. The first-order valence-electron chi connectivity index (χ1n) is 6.19. The molecular formula is C13H15ClN2OS. The second-order valence-corrected chi connectivity index (χ2v) is 6.03. The topological polar surface area (TPSA) is 34.1 Å². The highest BCUT2D eigenvalue weighted by Crippen LogP contribution is 2.28. The Morgan fingerprint density at radius 2 is 2.22 bits per heavy atom. The molecule has 1 saturated heterocycles. The molecular weight excluding hydrogens is 268 g/mol. The number of hydrogen-bond acceptors (Lipinski definition) is 4. The summed E-state index contributed by atoms with van der Waals surface area (Å²) in [6.07, 6.45) is 2.29. The lowest BCUT2D eigenvalue weighted by atomic mass is 10.0. The van der Waals surface area contributed by atoms with Crippen molar-refractivity contribution in [2.45, 2.75) is 12.8 Å². The summed E-state index contributed by atoms with van der Waals surface area (Å²) < 4.78 is 6.53. The van der Waals surface area contributed by atoms with E-state index >= 15 is 0 Å². The summed E-state index contributed by atoms with van der Waals surface area (Å²) in [7, 11) is 0. The Morgan fingerprint density at radius 3 is 3.06 bits per heavy atom. The van der Waals surface area contributed by atoms with E-state index in [2.05, 4.69) is 10.3 Å². The first-order chi connectivity index (χ1) is 8.81. The standard InChI is InChI=1S/C13H15ClN2OS/c14-10-1-2-12-11(7-10)16-13(18-12)15-8-9-3-5-17-6-4-9/h1-2,7,9H,3-6,8H2,(H,15,16). The van der Waals surface area contributed by atoms with Crippen molar-refractivity contribution in [1.82, 2.24) is 4.98 Å². The van der Waals surface area contributed by atoms with Gasteiger partial charge in [0, 0.05) is 24.8 Å². The van der Waals surface area contributed by atoms with Crippen LogP contribution in [0.3, 0.4) is 0 Å². The quantitative estimate of drug-likeness (QED) is 0.930. The monoisotopic (exact) mass is 282 g/mol. The number of thiazole rings is 1. The van der Waals surface area contributed by atoms with Crippen molar-refractivity contribution < 1.29 is 4.74 Å². The van der Waals surface area contributed by atoms with Crippen molar-refractivity contribution in [2.75, 3.05) is 25.1 Å². The van der Waals surface area contributed by atoms with Crippen LogP contribution >= 0.6 is 22.9 Å². The van der Waals surface area contributed by atoms with Crippen LogP contribution in [0, 0.1) is 5.92 Å². The number of ether oxygens (including phenoxy) is 1. The molecule has 0 aliphatic carbocycles. The highest BCUT2D eigenvalue weighted by molar-refractivity contribution is 7.22. The van der Waals surface area contributed by atoms with Gasteiger partial charge in [-0.3, -0.25) is 0 Å². The molecule has 96 valence electrons. The third-order valence-corrected chi connectivity index (χ3v) is 4.46. The van der Waals surface area contributed by atoms with Gasteiger partial charge >= 0.3 is 0 Å². The Bertz CT molecular complexity index is 537. The molecule has 3 nitrogen and oxygen atoms in total. The van der Waals surface area contributed by atoms with Gasteiger partial charge in [0.15, 0.2) is 5.13 Å². The second kappa shape index (κ2) is 5.43. The molecule has 1 N–H and O–H groups in total. The summed E-state index contributed by atoms with van der Waals surface area (Å²) in [4.78, 5) is 4.55. The van der Waals surface area contributed by atoms with E-state index in [1.807, 2.05) is 18.2 Å². The van der Waals surface area contributed by atoms with Gasteiger partial charge in [0.25, 0.3) is 0 Å². The molecule has 1 aromatic heterocycles. The van der Waals surface area contributed by atoms with Crippen LogP contribution < -0.4 is 5.32 Å². The first kappa shape index (κ1) is 12.2. The largest absolute Gasteiger partial charge is 0.381 e. The number of benzene rings is 1. The lowest BCUT2D eigenvalue weighted by Gasteiger charge is -2.21. The molecule has 5 heteroatoms. The van der Waals surface area contributed by atoms with Crippen LogP contribution in [-0.4, -0.2) is 24.7 Å². The Balaban J connectivity index is 1.67. The van der Waals surface area contributed by atoms with Gasteiger partial charge in [-0.15, -0.1) is 0 Å². The van der Waals surface area contributed by atoms with Crippen molar-refractivity contribution in [3.05, 3.63) is 23.2 Å². The molecule has 3 rings (SSSR count).